The van der Waals surface area contributed by atoms with Gasteiger partial charge in [-0.2, -0.15) is 5.10 Å². The molecule has 7 heteroatoms. The lowest BCUT2D eigenvalue weighted by atomic mass is 9.95. The molecular formula is C18H21N5O2. The maximum atomic E-state index is 12.9. The van der Waals surface area contributed by atoms with Gasteiger partial charge in [0.25, 0.3) is 5.91 Å². The van der Waals surface area contributed by atoms with E-state index in [0.717, 1.165) is 17.8 Å². The highest BCUT2D eigenvalue weighted by atomic mass is 16.2. The van der Waals surface area contributed by atoms with Crippen LogP contribution < -0.4 is 4.90 Å². The summed E-state index contributed by atoms with van der Waals surface area (Å²) in [5.41, 5.74) is 2.12. The molecule has 0 N–H and O–H groups in total. The second-order valence-electron chi connectivity index (χ2n) is 6.76. The van der Waals surface area contributed by atoms with Crippen molar-refractivity contribution in [3.8, 4) is 0 Å². The summed E-state index contributed by atoms with van der Waals surface area (Å²) in [7, 11) is 1.84. The van der Waals surface area contributed by atoms with Crippen LogP contribution in [0.25, 0.3) is 0 Å². The number of rotatable bonds is 2. The molecule has 2 fully saturated rings. The standard InChI is InChI=1S/C18H21N5O2/c1-12-4-3-5-14(20-12)18(25)22-9-8-16-15(22)6-7-17(24)23(16)13-10-19-21(2)11-13/h3-5,10-11,15-16H,6-9H2,1-2H3/t15-,16-/m0/s1. The fraction of sp³-hybridized carbons (Fsp3) is 0.444. The Morgan fingerprint density at radius 2 is 2.08 bits per heavy atom. The SMILES string of the molecule is Cc1cccc(C(=O)N2CC[C@H]3[C@@H]2CCC(=O)N3c2cnn(C)c2)n1. The van der Waals surface area contributed by atoms with Crippen LogP contribution in [-0.2, 0) is 11.8 Å². The summed E-state index contributed by atoms with van der Waals surface area (Å²) < 4.78 is 1.70. The molecule has 2 amide bonds. The van der Waals surface area contributed by atoms with Crippen molar-refractivity contribution in [3.05, 3.63) is 42.0 Å². The zero-order chi connectivity index (χ0) is 17.6. The number of pyridine rings is 1. The van der Waals surface area contributed by atoms with Crippen LogP contribution in [0.4, 0.5) is 5.69 Å². The molecule has 2 saturated heterocycles. The largest absolute Gasteiger partial charge is 0.332 e. The average molecular weight is 339 g/mol. The van der Waals surface area contributed by atoms with Gasteiger partial charge < -0.3 is 9.80 Å². The number of aryl methyl sites for hydroxylation is 2. The molecule has 25 heavy (non-hydrogen) atoms. The lowest BCUT2D eigenvalue weighted by molar-refractivity contribution is -0.120. The molecule has 0 unspecified atom stereocenters. The van der Waals surface area contributed by atoms with E-state index in [1.807, 2.05) is 42.1 Å². The lowest BCUT2D eigenvalue weighted by Crippen LogP contribution is -2.53. The first-order chi connectivity index (χ1) is 12.0. The second kappa shape index (κ2) is 5.98. The predicted octanol–water partition coefficient (Wildman–Crippen LogP) is 1.53. The maximum absolute atomic E-state index is 12.9. The molecule has 2 aromatic rings. The minimum Gasteiger partial charge on any atom is -0.332 e. The van der Waals surface area contributed by atoms with Gasteiger partial charge in [-0.3, -0.25) is 14.3 Å². The molecule has 2 aliphatic rings. The Morgan fingerprint density at radius 1 is 1.24 bits per heavy atom. The van der Waals surface area contributed by atoms with Crippen molar-refractivity contribution in [2.45, 2.75) is 38.3 Å². The minimum atomic E-state index is -0.0447. The molecule has 0 radical (unpaired) electrons. The van der Waals surface area contributed by atoms with E-state index in [0.29, 0.717) is 25.1 Å². The smallest absolute Gasteiger partial charge is 0.272 e. The van der Waals surface area contributed by atoms with Crippen molar-refractivity contribution in [3.63, 3.8) is 0 Å². The van der Waals surface area contributed by atoms with Crippen molar-refractivity contribution >= 4 is 17.5 Å². The molecule has 0 spiro atoms. The Balaban J connectivity index is 1.61. The number of hydrogen-bond acceptors (Lipinski definition) is 4. The normalized spacial score (nSPS) is 23.0. The lowest BCUT2D eigenvalue weighted by Gasteiger charge is -2.38. The van der Waals surface area contributed by atoms with Gasteiger partial charge in [-0.05, 0) is 31.9 Å². The number of nitrogens with zero attached hydrogens (tertiary/aromatic N) is 5. The molecule has 0 saturated carbocycles. The molecule has 7 nitrogen and oxygen atoms in total. The number of likely N-dealkylation sites (tertiary alicyclic amines) is 1. The number of aromatic nitrogens is 3. The summed E-state index contributed by atoms with van der Waals surface area (Å²) in [4.78, 5) is 33.5. The number of carbonyl (C=O) groups is 2. The number of anilines is 1. The highest BCUT2D eigenvalue weighted by molar-refractivity contribution is 5.97. The molecule has 4 heterocycles. The first-order valence-corrected chi connectivity index (χ1v) is 8.60. The van der Waals surface area contributed by atoms with Gasteiger partial charge in [0.05, 0.1) is 24.0 Å². The van der Waals surface area contributed by atoms with Gasteiger partial charge >= 0.3 is 0 Å². The Morgan fingerprint density at radius 3 is 2.80 bits per heavy atom. The van der Waals surface area contributed by atoms with Gasteiger partial charge in [0, 0.05) is 31.9 Å². The van der Waals surface area contributed by atoms with E-state index in [4.69, 9.17) is 0 Å². The van der Waals surface area contributed by atoms with Crippen molar-refractivity contribution in [2.75, 3.05) is 11.4 Å². The molecule has 0 bridgehead atoms. The summed E-state index contributed by atoms with van der Waals surface area (Å²) in [5.74, 6) is 0.0638. The second-order valence-corrected chi connectivity index (χ2v) is 6.76. The number of amides is 2. The quantitative estimate of drug-likeness (QED) is 0.832. The fourth-order valence-corrected chi connectivity index (χ4v) is 3.99. The third-order valence-corrected chi connectivity index (χ3v) is 5.10. The summed E-state index contributed by atoms with van der Waals surface area (Å²) in [6, 6.07) is 5.55. The van der Waals surface area contributed by atoms with Crippen LogP contribution in [0.15, 0.2) is 30.6 Å². The predicted molar refractivity (Wildman–Crippen MR) is 92.1 cm³/mol. The van der Waals surface area contributed by atoms with Crippen LogP contribution in [0.3, 0.4) is 0 Å². The molecule has 2 atom stereocenters. The number of piperidine rings is 1. The minimum absolute atomic E-state index is 0.0132. The third kappa shape index (κ3) is 2.69. The third-order valence-electron chi connectivity index (χ3n) is 5.10. The molecule has 2 aromatic heterocycles. The van der Waals surface area contributed by atoms with E-state index < -0.39 is 0 Å². The molecule has 0 aromatic carbocycles. The van der Waals surface area contributed by atoms with E-state index in [9.17, 15) is 9.59 Å². The average Bonchev–Trinajstić information content (AvgIpc) is 3.20. The van der Waals surface area contributed by atoms with Crippen LogP contribution in [-0.4, -0.2) is 50.1 Å². The van der Waals surface area contributed by atoms with Crippen LogP contribution in [0.1, 0.15) is 35.4 Å². The van der Waals surface area contributed by atoms with E-state index in [-0.39, 0.29) is 23.9 Å². The summed E-state index contributed by atoms with van der Waals surface area (Å²) in [6.45, 7) is 2.53. The zero-order valence-corrected chi connectivity index (χ0v) is 14.4. The molecule has 0 aliphatic carbocycles. The summed E-state index contributed by atoms with van der Waals surface area (Å²) in [5, 5.41) is 4.18. The van der Waals surface area contributed by atoms with Gasteiger partial charge in [-0.25, -0.2) is 4.98 Å². The van der Waals surface area contributed by atoms with Gasteiger partial charge in [0.1, 0.15) is 5.69 Å². The first kappa shape index (κ1) is 15.8. The van der Waals surface area contributed by atoms with E-state index in [2.05, 4.69) is 10.1 Å². The maximum Gasteiger partial charge on any atom is 0.272 e. The Bertz CT molecular complexity index is 830. The van der Waals surface area contributed by atoms with Crippen LogP contribution in [0.2, 0.25) is 0 Å². The monoisotopic (exact) mass is 339 g/mol. The first-order valence-electron chi connectivity index (χ1n) is 8.60. The van der Waals surface area contributed by atoms with Gasteiger partial charge in [-0.1, -0.05) is 6.07 Å². The van der Waals surface area contributed by atoms with Crippen molar-refractivity contribution in [1.82, 2.24) is 19.7 Å². The Labute approximate surface area is 146 Å². The highest BCUT2D eigenvalue weighted by Crippen LogP contribution is 2.35. The van der Waals surface area contributed by atoms with Crippen molar-refractivity contribution < 1.29 is 9.59 Å². The topological polar surface area (TPSA) is 71.3 Å². The highest BCUT2D eigenvalue weighted by Gasteiger charge is 2.46. The van der Waals surface area contributed by atoms with E-state index >= 15 is 0 Å². The zero-order valence-electron chi connectivity index (χ0n) is 14.4. The Hall–Kier alpha value is -2.70. The molecular weight excluding hydrogens is 318 g/mol. The molecule has 130 valence electrons. The fourth-order valence-electron chi connectivity index (χ4n) is 3.99. The van der Waals surface area contributed by atoms with Crippen molar-refractivity contribution in [1.29, 1.82) is 0 Å². The van der Waals surface area contributed by atoms with Gasteiger partial charge in [0.15, 0.2) is 0 Å². The van der Waals surface area contributed by atoms with E-state index in [1.54, 1.807) is 16.9 Å². The van der Waals surface area contributed by atoms with Crippen LogP contribution in [0.5, 0.6) is 0 Å². The number of fused-ring (bicyclic) bond motifs is 1. The van der Waals surface area contributed by atoms with E-state index in [1.165, 1.54) is 0 Å². The van der Waals surface area contributed by atoms with Crippen LogP contribution in [0, 0.1) is 6.92 Å². The van der Waals surface area contributed by atoms with Crippen LogP contribution >= 0.6 is 0 Å². The van der Waals surface area contributed by atoms with Gasteiger partial charge in [-0.15, -0.1) is 0 Å². The Kier molecular flexibility index (Phi) is 3.78. The van der Waals surface area contributed by atoms with Crippen molar-refractivity contribution in [2.24, 2.45) is 7.05 Å². The van der Waals surface area contributed by atoms with Gasteiger partial charge in [0.2, 0.25) is 5.91 Å². The summed E-state index contributed by atoms with van der Waals surface area (Å²) in [6.07, 6.45) is 5.50. The molecule has 4 rings (SSSR count). The summed E-state index contributed by atoms with van der Waals surface area (Å²) >= 11 is 0. The molecule has 2 aliphatic heterocycles. The number of hydrogen-bond donors (Lipinski definition) is 0. The number of carbonyl (C=O) groups excluding carboxylic acids is 2.